The largest absolute Gasteiger partial charge is 0.456 e. The van der Waals surface area contributed by atoms with E-state index in [1.165, 1.54) is 13.0 Å². The number of hydrogen-bond donors (Lipinski definition) is 2. The number of amides is 1. The first-order valence-electron chi connectivity index (χ1n) is 4.10. The van der Waals surface area contributed by atoms with Crippen molar-refractivity contribution in [1.29, 1.82) is 0 Å². The number of nitrogens with one attached hydrogen (secondary N) is 1. The zero-order valence-corrected chi connectivity index (χ0v) is 7.74. The molecule has 0 saturated carbocycles. The van der Waals surface area contributed by atoms with Crippen LogP contribution in [0.15, 0.2) is 16.5 Å². The van der Waals surface area contributed by atoms with Gasteiger partial charge in [-0.3, -0.25) is 9.59 Å². The molecule has 0 unspecified atom stereocenters. The van der Waals surface area contributed by atoms with Gasteiger partial charge in [-0.15, -0.1) is 0 Å². The Morgan fingerprint density at radius 1 is 1.50 bits per heavy atom. The third-order valence-corrected chi connectivity index (χ3v) is 1.59. The number of carbonyl (C=O) groups is 2. The third kappa shape index (κ3) is 2.70. The summed E-state index contributed by atoms with van der Waals surface area (Å²) in [4.78, 5) is 21.5. The topological polar surface area (TPSA) is 79.5 Å². The molecule has 2 N–H and O–H groups in total. The Balaban J connectivity index is 2.59. The van der Waals surface area contributed by atoms with Crippen LogP contribution in [0.5, 0.6) is 0 Å². The van der Waals surface area contributed by atoms with E-state index >= 15 is 0 Å². The molecule has 1 aromatic rings. The summed E-state index contributed by atoms with van der Waals surface area (Å²) < 4.78 is 5.06. The molecule has 0 saturated heterocycles. The van der Waals surface area contributed by atoms with Gasteiger partial charge < -0.3 is 14.8 Å². The second-order valence-electron chi connectivity index (χ2n) is 2.76. The molecule has 0 bridgehead atoms. The van der Waals surface area contributed by atoms with Crippen molar-refractivity contribution in [2.75, 3.05) is 6.61 Å². The van der Waals surface area contributed by atoms with Gasteiger partial charge in [0, 0.05) is 6.92 Å². The van der Waals surface area contributed by atoms with Gasteiger partial charge >= 0.3 is 0 Å². The molecule has 0 radical (unpaired) electrons. The van der Waals surface area contributed by atoms with Gasteiger partial charge in [0.1, 0.15) is 12.4 Å². The maximum atomic E-state index is 10.9. The normalized spacial score (nSPS) is 9.86. The first-order chi connectivity index (χ1) is 6.63. The average Bonchev–Trinajstić information content (AvgIpc) is 2.62. The first kappa shape index (κ1) is 10.5. The molecule has 0 atom stereocenters. The van der Waals surface area contributed by atoms with Gasteiger partial charge in [0.05, 0.1) is 6.54 Å². The molecule has 0 aliphatic heterocycles. The van der Waals surface area contributed by atoms with E-state index < -0.39 is 12.4 Å². The molecule has 5 nitrogen and oxygen atoms in total. The monoisotopic (exact) mass is 197 g/mol. The Hall–Kier alpha value is -1.62. The predicted octanol–water partition coefficient (Wildman–Crippen LogP) is 0.0907. The molecule has 1 rings (SSSR count). The molecule has 76 valence electrons. The Morgan fingerprint density at radius 2 is 2.21 bits per heavy atom. The molecule has 1 amide bonds. The van der Waals surface area contributed by atoms with Crippen LogP contribution in [0.4, 0.5) is 0 Å². The van der Waals surface area contributed by atoms with E-state index in [0.29, 0.717) is 5.76 Å². The summed E-state index contributed by atoms with van der Waals surface area (Å²) in [6.45, 7) is 1.06. The van der Waals surface area contributed by atoms with Gasteiger partial charge in [-0.25, -0.2) is 0 Å². The summed E-state index contributed by atoms with van der Waals surface area (Å²) >= 11 is 0. The van der Waals surface area contributed by atoms with Gasteiger partial charge in [-0.1, -0.05) is 0 Å². The van der Waals surface area contributed by atoms with Crippen LogP contribution in [0, 0.1) is 0 Å². The number of rotatable bonds is 4. The predicted molar refractivity (Wildman–Crippen MR) is 47.6 cm³/mol. The lowest BCUT2D eigenvalue weighted by atomic mass is 10.3. The fraction of sp³-hybridized carbons (Fsp3) is 0.333. The SMILES string of the molecule is CC(=O)NCc1ccc(C(=O)CO)o1. The van der Waals surface area contributed by atoms with Gasteiger partial charge in [0.2, 0.25) is 11.7 Å². The standard InChI is InChI=1S/C9H11NO4/c1-6(12)10-4-7-2-3-9(14-7)8(13)5-11/h2-3,11H,4-5H2,1H3,(H,10,12). The van der Waals surface area contributed by atoms with Gasteiger partial charge in [0.15, 0.2) is 5.76 Å². The van der Waals surface area contributed by atoms with E-state index in [1.807, 2.05) is 0 Å². The number of hydrogen-bond acceptors (Lipinski definition) is 4. The highest BCUT2D eigenvalue weighted by Gasteiger charge is 2.09. The molecule has 5 heteroatoms. The molecule has 0 aromatic carbocycles. The summed E-state index contributed by atoms with van der Waals surface area (Å²) in [5, 5.41) is 11.1. The highest BCUT2D eigenvalue weighted by molar-refractivity contribution is 5.94. The lowest BCUT2D eigenvalue weighted by Gasteiger charge is -1.97. The highest BCUT2D eigenvalue weighted by atomic mass is 16.4. The lowest BCUT2D eigenvalue weighted by Crippen LogP contribution is -2.18. The molecule has 1 aromatic heterocycles. The van der Waals surface area contributed by atoms with Crippen LogP contribution in [-0.4, -0.2) is 23.4 Å². The molecule has 14 heavy (non-hydrogen) atoms. The van der Waals surface area contributed by atoms with Crippen LogP contribution >= 0.6 is 0 Å². The molecule has 0 aliphatic rings. The summed E-state index contributed by atoms with van der Waals surface area (Å²) in [7, 11) is 0. The van der Waals surface area contributed by atoms with Gasteiger partial charge in [-0.05, 0) is 12.1 Å². The number of carbonyl (C=O) groups excluding carboxylic acids is 2. The minimum atomic E-state index is -0.576. The Kier molecular flexibility index (Phi) is 3.41. The van der Waals surface area contributed by atoms with Crippen LogP contribution in [0.3, 0.4) is 0 Å². The highest BCUT2D eigenvalue weighted by Crippen LogP contribution is 2.07. The number of furan rings is 1. The van der Waals surface area contributed by atoms with Crippen molar-refractivity contribution >= 4 is 11.7 Å². The maximum absolute atomic E-state index is 10.9. The van der Waals surface area contributed by atoms with E-state index in [9.17, 15) is 9.59 Å². The van der Waals surface area contributed by atoms with Crippen molar-refractivity contribution in [3.05, 3.63) is 23.7 Å². The molecular formula is C9H11NO4. The zero-order valence-electron chi connectivity index (χ0n) is 7.74. The zero-order chi connectivity index (χ0) is 10.6. The quantitative estimate of drug-likeness (QED) is 0.670. The molecule has 1 heterocycles. The fourth-order valence-electron chi connectivity index (χ4n) is 0.912. The number of Topliss-reactive ketones (excluding diaryl/α,β-unsaturated/α-hetero) is 1. The van der Waals surface area contributed by atoms with Crippen molar-refractivity contribution in [3.8, 4) is 0 Å². The van der Waals surface area contributed by atoms with Crippen LogP contribution in [0.25, 0.3) is 0 Å². The molecule has 0 spiro atoms. The minimum Gasteiger partial charge on any atom is -0.456 e. The number of ketones is 1. The number of aliphatic hydroxyl groups excluding tert-OH is 1. The van der Waals surface area contributed by atoms with Crippen molar-refractivity contribution in [2.24, 2.45) is 0 Å². The van der Waals surface area contributed by atoms with Crippen LogP contribution < -0.4 is 5.32 Å². The van der Waals surface area contributed by atoms with E-state index in [1.54, 1.807) is 6.07 Å². The smallest absolute Gasteiger partial charge is 0.223 e. The van der Waals surface area contributed by atoms with Crippen LogP contribution in [0.1, 0.15) is 23.2 Å². The third-order valence-electron chi connectivity index (χ3n) is 1.59. The molecule has 0 aliphatic carbocycles. The van der Waals surface area contributed by atoms with Gasteiger partial charge in [-0.2, -0.15) is 0 Å². The molecule has 0 fully saturated rings. The summed E-state index contributed by atoms with van der Waals surface area (Å²) in [6, 6.07) is 3.05. The lowest BCUT2D eigenvalue weighted by molar-refractivity contribution is -0.119. The second-order valence-corrected chi connectivity index (χ2v) is 2.76. The maximum Gasteiger partial charge on any atom is 0.223 e. The minimum absolute atomic E-state index is 0.104. The van der Waals surface area contributed by atoms with Crippen molar-refractivity contribution in [2.45, 2.75) is 13.5 Å². The average molecular weight is 197 g/mol. The van der Waals surface area contributed by atoms with Crippen LogP contribution in [0.2, 0.25) is 0 Å². The van der Waals surface area contributed by atoms with Crippen molar-refractivity contribution < 1.29 is 19.1 Å². The Morgan fingerprint density at radius 3 is 2.79 bits per heavy atom. The van der Waals surface area contributed by atoms with Crippen molar-refractivity contribution in [3.63, 3.8) is 0 Å². The van der Waals surface area contributed by atoms with E-state index in [-0.39, 0.29) is 18.2 Å². The Labute approximate surface area is 80.7 Å². The van der Waals surface area contributed by atoms with Gasteiger partial charge in [0.25, 0.3) is 0 Å². The van der Waals surface area contributed by atoms with E-state index in [4.69, 9.17) is 9.52 Å². The first-order valence-corrected chi connectivity index (χ1v) is 4.10. The number of aliphatic hydroxyl groups is 1. The van der Waals surface area contributed by atoms with Crippen molar-refractivity contribution in [1.82, 2.24) is 5.32 Å². The Bertz CT molecular complexity index is 342. The summed E-state index contributed by atoms with van der Waals surface area (Å²) in [6.07, 6.45) is 0. The summed E-state index contributed by atoms with van der Waals surface area (Å²) in [5.41, 5.74) is 0. The second kappa shape index (κ2) is 4.57. The fourth-order valence-corrected chi connectivity index (χ4v) is 0.912. The van der Waals surface area contributed by atoms with E-state index in [2.05, 4.69) is 5.32 Å². The van der Waals surface area contributed by atoms with Crippen LogP contribution in [-0.2, 0) is 11.3 Å². The molecular weight excluding hydrogens is 186 g/mol. The van der Waals surface area contributed by atoms with E-state index in [0.717, 1.165) is 0 Å². The summed E-state index contributed by atoms with van der Waals surface area (Å²) in [5.74, 6) is -0.0552.